The van der Waals surface area contributed by atoms with E-state index in [4.69, 9.17) is 9.47 Å². The molecule has 7 nitrogen and oxygen atoms in total. The minimum atomic E-state index is 0.0141. The van der Waals surface area contributed by atoms with Gasteiger partial charge in [0, 0.05) is 31.9 Å². The van der Waals surface area contributed by atoms with Crippen LogP contribution < -0.4 is 14.4 Å². The number of hydrogen-bond donors (Lipinski definition) is 0. The lowest BCUT2D eigenvalue weighted by molar-refractivity contribution is 0.0718. The number of aryl methyl sites for hydroxylation is 1. The van der Waals surface area contributed by atoms with Crippen molar-refractivity contribution in [3.8, 4) is 11.5 Å². The molecular weight excluding hydrogens is 368 g/mol. The van der Waals surface area contributed by atoms with Gasteiger partial charge in [-0.15, -0.1) is 0 Å². The Balaban J connectivity index is 1.59. The van der Waals surface area contributed by atoms with Crippen LogP contribution in [0.3, 0.4) is 0 Å². The van der Waals surface area contributed by atoms with E-state index in [0.717, 1.165) is 56.1 Å². The molecule has 1 fully saturated rings. The molecule has 3 heterocycles. The van der Waals surface area contributed by atoms with E-state index >= 15 is 0 Å². The van der Waals surface area contributed by atoms with Crippen molar-refractivity contribution in [3.05, 3.63) is 40.7 Å². The standard InChI is InChI=1S/C22H28N4O3/c1-15-11-18(21(27)25-8-5-4-6-9-25)24-22(23-15)26-10-7-16-12-19(28-2)20(29-3)13-17(16)14-26/h11-13H,4-10,14H2,1-3H3. The van der Waals surface area contributed by atoms with E-state index in [9.17, 15) is 4.79 Å². The molecule has 0 bridgehead atoms. The van der Waals surface area contributed by atoms with Gasteiger partial charge in [0.2, 0.25) is 5.95 Å². The molecule has 1 aromatic heterocycles. The summed E-state index contributed by atoms with van der Waals surface area (Å²) in [6.45, 7) is 5.02. The molecule has 1 saturated heterocycles. The summed E-state index contributed by atoms with van der Waals surface area (Å²) < 4.78 is 10.9. The van der Waals surface area contributed by atoms with Crippen LogP contribution in [0.2, 0.25) is 0 Å². The monoisotopic (exact) mass is 396 g/mol. The van der Waals surface area contributed by atoms with Gasteiger partial charge in [0.05, 0.1) is 14.2 Å². The maximum absolute atomic E-state index is 12.9. The van der Waals surface area contributed by atoms with E-state index in [1.54, 1.807) is 20.3 Å². The van der Waals surface area contributed by atoms with E-state index in [-0.39, 0.29) is 5.91 Å². The van der Waals surface area contributed by atoms with Crippen molar-refractivity contribution in [2.45, 2.75) is 39.2 Å². The predicted molar refractivity (Wildman–Crippen MR) is 111 cm³/mol. The molecule has 0 atom stereocenters. The van der Waals surface area contributed by atoms with Gasteiger partial charge >= 0.3 is 0 Å². The summed E-state index contributed by atoms with van der Waals surface area (Å²) in [5.74, 6) is 2.10. The fraction of sp³-hybridized carbons (Fsp3) is 0.500. The number of aromatic nitrogens is 2. The highest BCUT2D eigenvalue weighted by Crippen LogP contribution is 2.34. The van der Waals surface area contributed by atoms with Crippen LogP contribution in [0, 0.1) is 6.92 Å². The molecule has 0 saturated carbocycles. The predicted octanol–water partition coefficient (Wildman–Crippen LogP) is 2.99. The molecule has 7 heteroatoms. The van der Waals surface area contributed by atoms with Gasteiger partial charge in [-0.05, 0) is 61.9 Å². The first-order valence-electron chi connectivity index (χ1n) is 10.2. The zero-order valence-electron chi connectivity index (χ0n) is 17.4. The quantitative estimate of drug-likeness (QED) is 0.792. The van der Waals surface area contributed by atoms with E-state index < -0.39 is 0 Å². The zero-order valence-corrected chi connectivity index (χ0v) is 17.4. The summed E-state index contributed by atoms with van der Waals surface area (Å²) in [6.07, 6.45) is 4.19. The number of methoxy groups -OCH3 is 2. The second-order valence-corrected chi connectivity index (χ2v) is 7.69. The van der Waals surface area contributed by atoms with Crippen molar-refractivity contribution in [2.24, 2.45) is 0 Å². The number of benzene rings is 1. The number of hydrogen-bond acceptors (Lipinski definition) is 6. The maximum atomic E-state index is 12.9. The SMILES string of the molecule is COc1cc2c(cc1OC)CN(c1nc(C)cc(C(=O)N3CCCCC3)n1)CC2. The van der Waals surface area contributed by atoms with Crippen molar-refractivity contribution in [1.29, 1.82) is 0 Å². The Hall–Kier alpha value is -2.83. The van der Waals surface area contributed by atoms with Gasteiger partial charge in [-0.2, -0.15) is 0 Å². The van der Waals surface area contributed by atoms with Crippen LogP contribution in [0.1, 0.15) is 46.6 Å². The second-order valence-electron chi connectivity index (χ2n) is 7.69. The Labute approximate surface area is 171 Å². The summed E-state index contributed by atoms with van der Waals surface area (Å²) in [7, 11) is 3.30. The molecule has 1 amide bonds. The number of rotatable bonds is 4. The molecule has 2 aromatic rings. The van der Waals surface area contributed by atoms with Crippen LogP contribution in [0.4, 0.5) is 5.95 Å². The Morgan fingerprint density at radius 1 is 0.931 bits per heavy atom. The lowest BCUT2D eigenvalue weighted by Crippen LogP contribution is -2.37. The molecule has 0 N–H and O–H groups in total. The Morgan fingerprint density at radius 3 is 2.31 bits per heavy atom. The minimum Gasteiger partial charge on any atom is -0.493 e. The molecule has 2 aliphatic heterocycles. The first-order valence-corrected chi connectivity index (χ1v) is 10.2. The highest BCUT2D eigenvalue weighted by molar-refractivity contribution is 5.92. The number of piperidine rings is 1. The van der Waals surface area contributed by atoms with Crippen molar-refractivity contribution in [3.63, 3.8) is 0 Å². The Kier molecular flexibility index (Phi) is 5.56. The van der Waals surface area contributed by atoms with E-state index in [2.05, 4.69) is 14.9 Å². The number of carbonyl (C=O) groups is 1. The molecule has 0 radical (unpaired) electrons. The third-order valence-electron chi connectivity index (χ3n) is 5.71. The third-order valence-corrected chi connectivity index (χ3v) is 5.71. The number of likely N-dealkylation sites (tertiary alicyclic amines) is 1. The van der Waals surface area contributed by atoms with Crippen LogP contribution in [0.25, 0.3) is 0 Å². The van der Waals surface area contributed by atoms with Crippen LogP contribution in [0.5, 0.6) is 11.5 Å². The van der Waals surface area contributed by atoms with Crippen LogP contribution in [-0.2, 0) is 13.0 Å². The lowest BCUT2D eigenvalue weighted by atomic mass is 9.99. The summed E-state index contributed by atoms with van der Waals surface area (Å²) >= 11 is 0. The topological polar surface area (TPSA) is 67.8 Å². The van der Waals surface area contributed by atoms with Crippen LogP contribution >= 0.6 is 0 Å². The average Bonchev–Trinajstić information content (AvgIpc) is 2.77. The molecule has 4 rings (SSSR count). The lowest BCUT2D eigenvalue weighted by Gasteiger charge is -2.30. The maximum Gasteiger partial charge on any atom is 0.272 e. The van der Waals surface area contributed by atoms with Gasteiger partial charge in [-0.1, -0.05) is 0 Å². The average molecular weight is 396 g/mol. The summed E-state index contributed by atoms with van der Waals surface area (Å²) in [5.41, 5.74) is 3.72. The van der Waals surface area contributed by atoms with Crippen molar-refractivity contribution in [2.75, 3.05) is 38.8 Å². The largest absolute Gasteiger partial charge is 0.493 e. The van der Waals surface area contributed by atoms with Gasteiger partial charge in [0.1, 0.15) is 5.69 Å². The number of fused-ring (bicyclic) bond motifs is 1. The summed E-state index contributed by atoms with van der Waals surface area (Å²) in [6, 6.07) is 5.87. The fourth-order valence-corrected chi connectivity index (χ4v) is 4.12. The summed E-state index contributed by atoms with van der Waals surface area (Å²) in [5, 5.41) is 0. The highest BCUT2D eigenvalue weighted by atomic mass is 16.5. The van der Waals surface area contributed by atoms with Crippen LogP contribution in [-0.4, -0.2) is 54.6 Å². The normalized spacial score (nSPS) is 16.4. The van der Waals surface area contributed by atoms with E-state index in [1.807, 2.05) is 24.0 Å². The molecular formula is C22H28N4O3. The van der Waals surface area contributed by atoms with Gasteiger partial charge in [-0.25, -0.2) is 9.97 Å². The van der Waals surface area contributed by atoms with Crippen molar-refractivity contribution < 1.29 is 14.3 Å². The van der Waals surface area contributed by atoms with Crippen molar-refractivity contribution in [1.82, 2.24) is 14.9 Å². The zero-order chi connectivity index (χ0) is 20.4. The Morgan fingerprint density at radius 2 is 1.62 bits per heavy atom. The molecule has 0 unspecified atom stereocenters. The van der Waals surface area contributed by atoms with Gasteiger partial charge in [-0.3, -0.25) is 4.79 Å². The van der Waals surface area contributed by atoms with Gasteiger partial charge in [0.25, 0.3) is 5.91 Å². The molecule has 0 spiro atoms. The highest BCUT2D eigenvalue weighted by Gasteiger charge is 2.24. The number of nitrogens with zero attached hydrogens (tertiary/aromatic N) is 4. The smallest absolute Gasteiger partial charge is 0.272 e. The number of amides is 1. The molecule has 1 aromatic carbocycles. The molecule has 2 aliphatic rings. The van der Waals surface area contributed by atoms with Gasteiger partial charge in [0.15, 0.2) is 11.5 Å². The summed E-state index contributed by atoms with van der Waals surface area (Å²) in [4.78, 5) is 26.2. The molecule has 0 aliphatic carbocycles. The fourth-order valence-electron chi connectivity index (χ4n) is 4.12. The first-order chi connectivity index (χ1) is 14.1. The first kappa shape index (κ1) is 19.5. The van der Waals surface area contributed by atoms with E-state index in [1.165, 1.54) is 17.5 Å². The molecule has 154 valence electrons. The third kappa shape index (κ3) is 3.99. The van der Waals surface area contributed by atoms with Crippen molar-refractivity contribution >= 4 is 11.9 Å². The van der Waals surface area contributed by atoms with Crippen LogP contribution in [0.15, 0.2) is 18.2 Å². The minimum absolute atomic E-state index is 0.0141. The Bertz CT molecular complexity index is 909. The second kappa shape index (κ2) is 8.27. The number of ether oxygens (including phenoxy) is 2. The number of anilines is 1. The molecule has 29 heavy (non-hydrogen) atoms. The van der Waals surface area contributed by atoms with E-state index in [0.29, 0.717) is 18.2 Å². The van der Waals surface area contributed by atoms with Gasteiger partial charge < -0.3 is 19.3 Å². The number of carbonyl (C=O) groups excluding carboxylic acids is 1.